The fourth-order valence-electron chi connectivity index (χ4n) is 1.95. The molecule has 1 unspecified atom stereocenters. The summed E-state index contributed by atoms with van der Waals surface area (Å²) in [7, 11) is -2.18. The Labute approximate surface area is 160 Å². The van der Waals surface area contributed by atoms with Gasteiger partial charge in [0, 0.05) is 4.57 Å². The fraction of sp³-hybridized carbons (Fsp3) is 0.455. The van der Waals surface area contributed by atoms with Crippen LogP contribution >= 0.6 is 8.25 Å². The maximum atomic E-state index is 11.6. The molecule has 26 heavy (non-hydrogen) atoms. The Kier molecular flexibility index (Phi) is 14.3. The molecule has 0 fully saturated rings. The second-order valence-electron chi connectivity index (χ2n) is 6.76. The van der Waals surface area contributed by atoms with Crippen molar-refractivity contribution in [1.82, 2.24) is 0 Å². The minimum atomic E-state index is -2.18. The molecular formula is C22H34O3P+. The normalized spacial score (nSPS) is 13.1. The van der Waals surface area contributed by atoms with Crippen molar-refractivity contribution in [2.45, 2.75) is 67.2 Å². The van der Waals surface area contributed by atoms with Crippen molar-refractivity contribution >= 4 is 8.25 Å². The molecule has 0 aromatic heterocycles. The first-order chi connectivity index (χ1) is 12.3. The molecule has 4 heteroatoms. The maximum Gasteiger partial charge on any atom is 0.804 e. The van der Waals surface area contributed by atoms with Crippen LogP contribution in [0, 0.1) is 0 Å². The molecule has 0 spiro atoms. The summed E-state index contributed by atoms with van der Waals surface area (Å²) in [5.74, 6) is 0. The molecule has 0 saturated carbocycles. The van der Waals surface area contributed by atoms with Crippen LogP contribution in [-0.2, 0) is 13.6 Å². The van der Waals surface area contributed by atoms with E-state index in [9.17, 15) is 4.57 Å². The van der Waals surface area contributed by atoms with Crippen molar-refractivity contribution in [1.29, 1.82) is 0 Å². The monoisotopic (exact) mass is 377 g/mol. The highest BCUT2D eigenvalue weighted by Crippen LogP contribution is 2.24. The van der Waals surface area contributed by atoms with Gasteiger partial charge in [0.2, 0.25) is 0 Å². The second-order valence-corrected chi connectivity index (χ2v) is 7.63. The van der Waals surface area contributed by atoms with Crippen molar-refractivity contribution in [3.8, 4) is 0 Å². The van der Waals surface area contributed by atoms with Gasteiger partial charge in [0.15, 0.2) is 12.5 Å². The number of hydrogen-bond donors (Lipinski definition) is 0. The lowest BCUT2D eigenvalue weighted by Crippen LogP contribution is -1.77. The Hall–Kier alpha value is -1.86. The van der Waals surface area contributed by atoms with Crippen LogP contribution in [-0.4, -0.2) is 0 Å². The van der Waals surface area contributed by atoms with E-state index in [1.807, 2.05) is 12.2 Å². The quantitative estimate of drug-likeness (QED) is 0.149. The third-order valence-electron chi connectivity index (χ3n) is 3.39. The predicted molar refractivity (Wildman–Crippen MR) is 113 cm³/mol. The van der Waals surface area contributed by atoms with Crippen molar-refractivity contribution < 1.29 is 13.6 Å². The van der Waals surface area contributed by atoms with E-state index >= 15 is 0 Å². The summed E-state index contributed by atoms with van der Waals surface area (Å²) in [6, 6.07) is 0. The van der Waals surface area contributed by atoms with E-state index < -0.39 is 8.25 Å². The van der Waals surface area contributed by atoms with Crippen molar-refractivity contribution in [2.75, 3.05) is 0 Å². The van der Waals surface area contributed by atoms with Crippen LogP contribution in [0.5, 0.6) is 0 Å². The van der Waals surface area contributed by atoms with E-state index in [4.69, 9.17) is 9.05 Å². The van der Waals surface area contributed by atoms with Crippen LogP contribution in [0.15, 0.2) is 71.3 Å². The zero-order valence-electron chi connectivity index (χ0n) is 17.1. The Morgan fingerprint density at radius 2 is 1.12 bits per heavy atom. The summed E-state index contributed by atoms with van der Waals surface area (Å²) in [6.07, 6.45) is 18.7. The Morgan fingerprint density at radius 3 is 1.46 bits per heavy atom. The van der Waals surface area contributed by atoms with E-state index in [0.29, 0.717) is 0 Å². The van der Waals surface area contributed by atoms with Gasteiger partial charge in [-0.2, -0.15) is 0 Å². The van der Waals surface area contributed by atoms with Crippen molar-refractivity contribution in [3.05, 3.63) is 71.3 Å². The SMILES string of the molecule is CC(C)=CCCC(C)=CC=CO[P+](=O)OC=C/C=C(\C)CCC=C(C)C. The van der Waals surface area contributed by atoms with Crippen LogP contribution < -0.4 is 0 Å². The first-order valence-corrected chi connectivity index (χ1v) is 10.1. The summed E-state index contributed by atoms with van der Waals surface area (Å²) < 4.78 is 21.6. The topological polar surface area (TPSA) is 35.5 Å². The van der Waals surface area contributed by atoms with E-state index in [1.54, 1.807) is 12.2 Å². The Bertz CT molecular complexity index is 545. The van der Waals surface area contributed by atoms with Gasteiger partial charge in [0.05, 0.1) is 0 Å². The van der Waals surface area contributed by atoms with Crippen LogP contribution in [0.1, 0.15) is 67.2 Å². The summed E-state index contributed by atoms with van der Waals surface area (Å²) in [4.78, 5) is 0. The van der Waals surface area contributed by atoms with Crippen LogP contribution in [0.2, 0.25) is 0 Å². The summed E-state index contributed by atoms with van der Waals surface area (Å²) in [5, 5.41) is 0. The zero-order chi connectivity index (χ0) is 19.8. The molecule has 0 aliphatic rings. The predicted octanol–water partition coefficient (Wildman–Crippen LogP) is 8.09. The van der Waals surface area contributed by atoms with Gasteiger partial charge in [-0.05, 0) is 79.4 Å². The van der Waals surface area contributed by atoms with Gasteiger partial charge >= 0.3 is 8.25 Å². The molecule has 0 N–H and O–H groups in total. The Morgan fingerprint density at radius 1 is 0.731 bits per heavy atom. The standard InChI is InChI=1S/C22H34O3P/c1-19(2)11-7-13-21(5)15-9-17-24-26(23)25-18-10-16-22(6)14-8-12-20(3)4/h9-12,15-18H,7-8,13-14H2,1-6H3/q+1/b17-9?,18-10?,21-15+,22-16?. The Balaban J connectivity index is 4.07. The van der Waals surface area contributed by atoms with Gasteiger partial charge in [-0.1, -0.05) is 46.6 Å². The van der Waals surface area contributed by atoms with Gasteiger partial charge in [0.25, 0.3) is 0 Å². The lowest BCUT2D eigenvalue weighted by atomic mass is 10.1. The highest BCUT2D eigenvalue weighted by Gasteiger charge is 2.16. The van der Waals surface area contributed by atoms with Gasteiger partial charge in [-0.3, -0.25) is 0 Å². The number of allylic oxidation sites excluding steroid dienone is 10. The fourth-order valence-corrected chi connectivity index (χ4v) is 2.33. The minimum absolute atomic E-state index is 1.00. The molecular weight excluding hydrogens is 343 g/mol. The molecule has 3 nitrogen and oxygen atoms in total. The molecule has 0 bridgehead atoms. The average molecular weight is 377 g/mol. The van der Waals surface area contributed by atoms with E-state index in [1.165, 1.54) is 34.8 Å². The van der Waals surface area contributed by atoms with Gasteiger partial charge in [-0.15, -0.1) is 0 Å². The third kappa shape index (κ3) is 17.0. The lowest BCUT2D eigenvalue weighted by molar-refractivity contribution is 0.356. The van der Waals surface area contributed by atoms with Crippen molar-refractivity contribution in [3.63, 3.8) is 0 Å². The lowest BCUT2D eigenvalue weighted by Gasteiger charge is -1.96. The molecule has 1 atom stereocenters. The van der Waals surface area contributed by atoms with Crippen LogP contribution in [0.4, 0.5) is 0 Å². The van der Waals surface area contributed by atoms with Gasteiger partial charge in [0.1, 0.15) is 0 Å². The molecule has 0 saturated heterocycles. The molecule has 0 aromatic rings. The van der Waals surface area contributed by atoms with E-state index in [0.717, 1.165) is 25.7 Å². The first kappa shape index (κ1) is 24.1. The maximum absolute atomic E-state index is 11.6. The number of rotatable bonds is 12. The molecule has 0 amide bonds. The second kappa shape index (κ2) is 15.4. The molecule has 144 valence electrons. The largest absolute Gasteiger partial charge is 0.804 e. The molecule has 0 rings (SSSR count). The van der Waals surface area contributed by atoms with Gasteiger partial charge in [-0.25, -0.2) is 9.05 Å². The summed E-state index contributed by atoms with van der Waals surface area (Å²) in [5.41, 5.74) is 5.15. The van der Waals surface area contributed by atoms with Gasteiger partial charge < -0.3 is 0 Å². The van der Waals surface area contributed by atoms with Crippen LogP contribution in [0.25, 0.3) is 0 Å². The highest BCUT2D eigenvalue weighted by atomic mass is 31.1. The molecule has 0 aliphatic carbocycles. The van der Waals surface area contributed by atoms with E-state index in [2.05, 4.69) is 53.7 Å². The highest BCUT2D eigenvalue weighted by molar-refractivity contribution is 7.33. The molecule has 0 radical (unpaired) electrons. The summed E-state index contributed by atoms with van der Waals surface area (Å²) in [6.45, 7) is 12.5. The minimum Gasteiger partial charge on any atom is -0.230 e. The van der Waals surface area contributed by atoms with Crippen LogP contribution in [0.3, 0.4) is 0 Å². The smallest absolute Gasteiger partial charge is 0.230 e. The average Bonchev–Trinajstić information content (AvgIpc) is 2.55. The molecule has 0 heterocycles. The third-order valence-corrected chi connectivity index (χ3v) is 3.98. The van der Waals surface area contributed by atoms with Crippen molar-refractivity contribution in [2.24, 2.45) is 0 Å². The summed E-state index contributed by atoms with van der Waals surface area (Å²) >= 11 is 0. The van der Waals surface area contributed by atoms with E-state index in [-0.39, 0.29) is 0 Å². The number of hydrogen-bond acceptors (Lipinski definition) is 3. The molecule has 0 aromatic carbocycles. The first-order valence-electron chi connectivity index (χ1n) is 9.03. The zero-order valence-corrected chi connectivity index (χ0v) is 18.0. The molecule has 0 aliphatic heterocycles.